The molecule has 1 fully saturated rings. The molecule has 2 aromatic carbocycles. The van der Waals surface area contributed by atoms with Gasteiger partial charge in [0.1, 0.15) is 0 Å². The molecule has 1 atom stereocenters. The lowest BCUT2D eigenvalue weighted by Gasteiger charge is -2.21. The molecule has 0 N–H and O–H groups in total. The van der Waals surface area contributed by atoms with Crippen molar-refractivity contribution in [3.63, 3.8) is 0 Å². The van der Waals surface area contributed by atoms with E-state index >= 15 is 0 Å². The second kappa shape index (κ2) is 7.30. The second-order valence-corrected chi connectivity index (χ2v) is 6.34. The van der Waals surface area contributed by atoms with Gasteiger partial charge in [-0.25, -0.2) is 0 Å². The fourth-order valence-electron chi connectivity index (χ4n) is 3.14. The van der Waals surface area contributed by atoms with Gasteiger partial charge in [-0.15, -0.1) is 0 Å². The molecule has 4 nitrogen and oxygen atoms in total. The topological polar surface area (TPSA) is 40.6 Å². The fourth-order valence-corrected chi connectivity index (χ4v) is 3.14. The monoisotopic (exact) mass is 322 g/mol. The Balaban J connectivity index is 1.59. The van der Waals surface area contributed by atoms with Gasteiger partial charge in [0.15, 0.2) is 0 Å². The Bertz CT molecular complexity index is 700. The molecule has 2 amide bonds. The maximum Gasteiger partial charge on any atom is 0.228 e. The summed E-state index contributed by atoms with van der Waals surface area (Å²) in [6, 6.07) is 19.8. The van der Waals surface area contributed by atoms with Gasteiger partial charge in [-0.05, 0) is 11.1 Å². The van der Waals surface area contributed by atoms with Crippen molar-refractivity contribution in [2.75, 3.05) is 13.6 Å². The smallest absolute Gasteiger partial charge is 0.228 e. The summed E-state index contributed by atoms with van der Waals surface area (Å²) in [4.78, 5) is 28.4. The molecule has 24 heavy (non-hydrogen) atoms. The van der Waals surface area contributed by atoms with Crippen LogP contribution in [0.5, 0.6) is 0 Å². The van der Waals surface area contributed by atoms with Crippen LogP contribution < -0.4 is 0 Å². The van der Waals surface area contributed by atoms with Crippen molar-refractivity contribution in [2.24, 2.45) is 5.92 Å². The third-order valence-corrected chi connectivity index (χ3v) is 4.42. The molecule has 0 aliphatic carbocycles. The van der Waals surface area contributed by atoms with Gasteiger partial charge in [0, 0.05) is 33.1 Å². The number of carbonyl (C=O) groups excluding carboxylic acids is 2. The molecule has 1 aliphatic rings. The Kier molecular flexibility index (Phi) is 4.94. The third-order valence-electron chi connectivity index (χ3n) is 4.42. The maximum atomic E-state index is 12.6. The molecule has 0 radical (unpaired) electrons. The first-order valence-corrected chi connectivity index (χ1v) is 8.24. The molecule has 2 aromatic rings. The first-order valence-electron chi connectivity index (χ1n) is 8.24. The normalized spacial score (nSPS) is 17.1. The number of nitrogens with zero attached hydrogens (tertiary/aromatic N) is 2. The highest BCUT2D eigenvalue weighted by Gasteiger charge is 2.35. The van der Waals surface area contributed by atoms with Crippen LogP contribution in [0, 0.1) is 5.92 Å². The number of carbonyl (C=O) groups is 2. The van der Waals surface area contributed by atoms with Crippen LogP contribution in [0.15, 0.2) is 60.7 Å². The lowest BCUT2D eigenvalue weighted by Crippen LogP contribution is -2.34. The molecular weight excluding hydrogens is 300 g/mol. The number of rotatable bonds is 5. The number of benzene rings is 2. The van der Waals surface area contributed by atoms with E-state index in [0.29, 0.717) is 26.1 Å². The minimum Gasteiger partial charge on any atom is -0.341 e. The van der Waals surface area contributed by atoms with Gasteiger partial charge < -0.3 is 9.80 Å². The summed E-state index contributed by atoms with van der Waals surface area (Å²) >= 11 is 0. The first kappa shape index (κ1) is 16.2. The van der Waals surface area contributed by atoms with Crippen molar-refractivity contribution in [3.05, 3.63) is 71.8 Å². The highest BCUT2D eigenvalue weighted by atomic mass is 16.2. The van der Waals surface area contributed by atoms with Crippen molar-refractivity contribution >= 4 is 11.8 Å². The zero-order chi connectivity index (χ0) is 16.9. The van der Waals surface area contributed by atoms with Crippen molar-refractivity contribution in [1.82, 2.24) is 9.80 Å². The van der Waals surface area contributed by atoms with Gasteiger partial charge >= 0.3 is 0 Å². The number of likely N-dealkylation sites (tertiary alicyclic amines) is 1. The predicted octanol–water partition coefficient (Wildman–Crippen LogP) is 2.69. The average molecular weight is 322 g/mol. The minimum absolute atomic E-state index is 0.0442. The van der Waals surface area contributed by atoms with E-state index in [0.717, 1.165) is 11.1 Å². The van der Waals surface area contributed by atoms with Crippen LogP contribution in [0.25, 0.3) is 0 Å². The molecular formula is C20H22N2O2. The average Bonchev–Trinajstić information content (AvgIpc) is 2.96. The summed E-state index contributed by atoms with van der Waals surface area (Å²) in [6.07, 6.45) is 0.310. The van der Waals surface area contributed by atoms with E-state index in [4.69, 9.17) is 0 Å². The minimum atomic E-state index is -0.241. The molecule has 1 unspecified atom stereocenters. The van der Waals surface area contributed by atoms with Gasteiger partial charge in [-0.1, -0.05) is 60.7 Å². The Labute approximate surface area is 142 Å². The van der Waals surface area contributed by atoms with Crippen molar-refractivity contribution in [3.8, 4) is 0 Å². The Morgan fingerprint density at radius 2 is 1.62 bits per heavy atom. The molecule has 1 aliphatic heterocycles. The molecule has 0 spiro atoms. The Morgan fingerprint density at radius 1 is 1.04 bits per heavy atom. The number of hydrogen-bond acceptors (Lipinski definition) is 2. The summed E-state index contributed by atoms with van der Waals surface area (Å²) in [5.74, 6) is -0.136. The van der Waals surface area contributed by atoms with E-state index in [9.17, 15) is 9.59 Å². The van der Waals surface area contributed by atoms with Crippen molar-refractivity contribution < 1.29 is 9.59 Å². The van der Waals surface area contributed by atoms with Gasteiger partial charge in [-0.2, -0.15) is 0 Å². The Hall–Kier alpha value is -2.62. The fraction of sp³-hybridized carbons (Fsp3) is 0.300. The predicted molar refractivity (Wildman–Crippen MR) is 92.9 cm³/mol. The molecule has 0 aromatic heterocycles. The molecule has 1 heterocycles. The van der Waals surface area contributed by atoms with Crippen molar-refractivity contribution in [1.29, 1.82) is 0 Å². The van der Waals surface area contributed by atoms with Crippen LogP contribution in [0.1, 0.15) is 17.5 Å². The van der Waals surface area contributed by atoms with E-state index in [1.165, 1.54) is 0 Å². The molecule has 0 bridgehead atoms. The van der Waals surface area contributed by atoms with Crippen LogP contribution >= 0.6 is 0 Å². The highest BCUT2D eigenvalue weighted by molar-refractivity contribution is 5.89. The zero-order valence-corrected chi connectivity index (χ0v) is 13.9. The Morgan fingerprint density at radius 3 is 2.25 bits per heavy atom. The van der Waals surface area contributed by atoms with Crippen LogP contribution in [0.2, 0.25) is 0 Å². The highest BCUT2D eigenvalue weighted by Crippen LogP contribution is 2.22. The second-order valence-electron chi connectivity index (χ2n) is 6.34. The zero-order valence-electron chi connectivity index (χ0n) is 13.9. The summed E-state index contributed by atoms with van der Waals surface area (Å²) < 4.78 is 0. The summed E-state index contributed by atoms with van der Waals surface area (Å²) in [6.45, 7) is 1.65. The van der Waals surface area contributed by atoms with Gasteiger partial charge in [0.25, 0.3) is 0 Å². The number of hydrogen-bond donors (Lipinski definition) is 0. The van der Waals surface area contributed by atoms with Crippen LogP contribution in [-0.2, 0) is 22.7 Å². The molecule has 3 rings (SSSR count). The van der Waals surface area contributed by atoms with Crippen LogP contribution in [0.4, 0.5) is 0 Å². The maximum absolute atomic E-state index is 12.6. The standard InChI is InChI=1S/C20H22N2O2/c1-21(13-16-8-4-2-5-9-16)20(24)18-12-19(23)22(15-18)14-17-10-6-3-7-11-17/h2-11,18H,12-15H2,1H3. The van der Waals surface area contributed by atoms with Gasteiger partial charge in [0.05, 0.1) is 5.92 Å². The molecule has 1 saturated heterocycles. The summed E-state index contributed by atoms with van der Waals surface area (Å²) in [7, 11) is 1.81. The largest absolute Gasteiger partial charge is 0.341 e. The molecule has 4 heteroatoms. The lowest BCUT2D eigenvalue weighted by atomic mass is 10.1. The van der Waals surface area contributed by atoms with E-state index in [1.54, 1.807) is 16.8 Å². The quantitative estimate of drug-likeness (QED) is 0.849. The van der Waals surface area contributed by atoms with E-state index in [-0.39, 0.29) is 17.7 Å². The van der Waals surface area contributed by atoms with Crippen molar-refractivity contribution in [2.45, 2.75) is 19.5 Å². The number of amides is 2. The van der Waals surface area contributed by atoms with Crippen LogP contribution in [0.3, 0.4) is 0 Å². The molecule has 0 saturated carbocycles. The summed E-state index contributed by atoms with van der Waals surface area (Å²) in [5.41, 5.74) is 2.19. The van der Waals surface area contributed by atoms with E-state index in [2.05, 4.69) is 0 Å². The van der Waals surface area contributed by atoms with Crippen LogP contribution in [-0.4, -0.2) is 35.2 Å². The summed E-state index contributed by atoms with van der Waals surface area (Å²) in [5, 5.41) is 0. The first-order chi connectivity index (χ1) is 11.6. The van der Waals surface area contributed by atoms with Gasteiger partial charge in [0.2, 0.25) is 11.8 Å². The van der Waals surface area contributed by atoms with E-state index < -0.39 is 0 Å². The van der Waals surface area contributed by atoms with E-state index in [1.807, 2.05) is 60.7 Å². The third kappa shape index (κ3) is 3.82. The van der Waals surface area contributed by atoms with Gasteiger partial charge in [-0.3, -0.25) is 9.59 Å². The lowest BCUT2D eigenvalue weighted by molar-refractivity contribution is -0.135. The SMILES string of the molecule is CN(Cc1ccccc1)C(=O)C1CC(=O)N(Cc2ccccc2)C1. The molecule has 124 valence electrons.